The second-order valence-electron chi connectivity index (χ2n) is 6.90. The number of halogens is 5. The molecular weight excluding hydrogens is 409 g/mol. The molecule has 3 rings (SSSR count). The van der Waals surface area contributed by atoms with Crippen LogP contribution in [-0.4, -0.2) is 17.9 Å². The molecule has 1 atom stereocenters. The van der Waals surface area contributed by atoms with E-state index in [0.717, 1.165) is 0 Å². The van der Waals surface area contributed by atoms with Crippen LogP contribution in [0.5, 0.6) is 5.75 Å². The highest BCUT2D eigenvalue weighted by Gasteiger charge is 2.43. The van der Waals surface area contributed by atoms with Gasteiger partial charge in [-0.15, -0.1) is 0 Å². The van der Waals surface area contributed by atoms with Gasteiger partial charge in [0.1, 0.15) is 5.56 Å². The number of hydrogen-bond donors (Lipinski definition) is 0. The van der Waals surface area contributed by atoms with Crippen molar-refractivity contribution in [2.75, 3.05) is 4.90 Å². The molecule has 2 aromatic carbocycles. The third-order valence-electron chi connectivity index (χ3n) is 4.55. The lowest BCUT2D eigenvalue weighted by atomic mass is 10.00. The molecule has 1 unspecified atom stereocenters. The molecule has 4 nitrogen and oxygen atoms in total. The molecule has 2 amide bonds. The number of hydrogen-bond acceptors (Lipinski definition) is 3. The molecule has 0 bridgehead atoms. The molecule has 30 heavy (non-hydrogen) atoms. The van der Waals surface area contributed by atoms with E-state index in [1.54, 1.807) is 39.0 Å². The Morgan fingerprint density at radius 1 is 1.03 bits per heavy atom. The molecule has 2 aromatic rings. The first kappa shape index (κ1) is 21.5. The molecule has 0 saturated heterocycles. The maximum Gasteiger partial charge on any atom is 0.275 e. The fraction of sp³-hybridized carbons (Fsp3) is 0.238. The van der Waals surface area contributed by atoms with Crippen LogP contribution in [0.15, 0.2) is 24.3 Å². The van der Waals surface area contributed by atoms with E-state index >= 15 is 0 Å². The van der Waals surface area contributed by atoms with Gasteiger partial charge in [-0.25, -0.2) is 26.9 Å². The first-order valence-electron chi connectivity index (χ1n) is 8.93. The number of carbonyl (C=O) groups excluding carboxylic acids is 2. The Balaban J connectivity index is 2.27. The van der Waals surface area contributed by atoms with Crippen LogP contribution < -0.4 is 9.64 Å². The summed E-state index contributed by atoms with van der Waals surface area (Å²) in [5.74, 6) is -14.6. The number of nitrogens with zero attached hydrogens (tertiary/aromatic N) is 1. The van der Waals surface area contributed by atoms with Crippen molar-refractivity contribution in [3.8, 4) is 5.75 Å². The Kier molecular flexibility index (Phi) is 5.65. The highest BCUT2D eigenvalue weighted by molar-refractivity contribution is 6.24. The zero-order valence-electron chi connectivity index (χ0n) is 16.1. The zero-order chi connectivity index (χ0) is 22.3. The summed E-state index contributed by atoms with van der Waals surface area (Å²) >= 11 is 0. The standard InChI is InChI=1S/C21H16F5NO3/c1-4-6-10-7-5-8-11-19(10)30-18(9(2)3)21(29)27(11)20(28)12-13(22)15(24)17(26)16(25)14(12)23/h4-9,18H,1-3H3/b6-4+. The minimum atomic E-state index is -2.40. The van der Waals surface area contributed by atoms with Gasteiger partial charge in [0.15, 0.2) is 35.1 Å². The van der Waals surface area contributed by atoms with Crippen LogP contribution in [0.4, 0.5) is 27.6 Å². The van der Waals surface area contributed by atoms with Gasteiger partial charge in [0.05, 0.1) is 5.69 Å². The van der Waals surface area contributed by atoms with Crippen molar-refractivity contribution in [2.24, 2.45) is 5.92 Å². The van der Waals surface area contributed by atoms with Crippen molar-refractivity contribution in [2.45, 2.75) is 26.9 Å². The van der Waals surface area contributed by atoms with Crippen LogP contribution in [0.2, 0.25) is 0 Å². The van der Waals surface area contributed by atoms with Gasteiger partial charge in [-0.2, -0.15) is 0 Å². The van der Waals surface area contributed by atoms with Crippen molar-refractivity contribution in [3.05, 3.63) is 64.5 Å². The molecule has 1 heterocycles. The average molecular weight is 425 g/mol. The predicted molar refractivity (Wildman–Crippen MR) is 98.5 cm³/mol. The first-order chi connectivity index (χ1) is 14.1. The van der Waals surface area contributed by atoms with E-state index in [-0.39, 0.29) is 11.4 Å². The molecular formula is C21H16F5NO3. The molecule has 0 fully saturated rings. The summed E-state index contributed by atoms with van der Waals surface area (Å²) in [7, 11) is 0. The molecule has 0 N–H and O–H groups in total. The number of rotatable bonds is 3. The normalized spacial score (nSPS) is 16.2. The number of fused-ring (bicyclic) bond motifs is 1. The van der Waals surface area contributed by atoms with Crippen molar-refractivity contribution in [1.82, 2.24) is 0 Å². The SMILES string of the molecule is C/C=C/c1cccc2c1OC(C(C)C)C(=O)N2C(=O)c1c(F)c(F)c(F)c(F)c1F. The molecule has 9 heteroatoms. The van der Waals surface area contributed by atoms with Gasteiger partial charge < -0.3 is 4.74 Å². The Labute approximate surface area is 168 Å². The number of anilines is 1. The lowest BCUT2D eigenvalue weighted by molar-refractivity contribution is -0.127. The maximum atomic E-state index is 14.2. The molecule has 1 aliphatic heterocycles. The Bertz CT molecular complexity index is 1050. The highest BCUT2D eigenvalue weighted by Crippen LogP contribution is 2.40. The molecule has 1 aliphatic rings. The second kappa shape index (κ2) is 7.89. The van der Waals surface area contributed by atoms with Crippen molar-refractivity contribution in [3.63, 3.8) is 0 Å². The fourth-order valence-corrected chi connectivity index (χ4v) is 3.12. The van der Waals surface area contributed by atoms with Gasteiger partial charge in [-0.3, -0.25) is 9.59 Å². The first-order valence-corrected chi connectivity index (χ1v) is 8.93. The Morgan fingerprint density at radius 2 is 1.60 bits per heavy atom. The highest BCUT2D eigenvalue weighted by atomic mass is 19.2. The van der Waals surface area contributed by atoms with E-state index in [1.165, 1.54) is 12.1 Å². The summed E-state index contributed by atoms with van der Waals surface area (Å²) in [5, 5.41) is 0. The third-order valence-corrected chi connectivity index (χ3v) is 4.55. The van der Waals surface area contributed by atoms with Crippen LogP contribution in [0.25, 0.3) is 6.08 Å². The second-order valence-corrected chi connectivity index (χ2v) is 6.90. The quantitative estimate of drug-likeness (QED) is 0.301. The molecule has 0 spiro atoms. The van der Waals surface area contributed by atoms with E-state index in [4.69, 9.17) is 4.74 Å². The van der Waals surface area contributed by atoms with Crippen LogP contribution in [0, 0.1) is 35.0 Å². The van der Waals surface area contributed by atoms with E-state index in [9.17, 15) is 31.5 Å². The van der Waals surface area contributed by atoms with Gasteiger partial charge in [-0.05, 0) is 18.9 Å². The minimum absolute atomic E-state index is 0.0751. The number of allylic oxidation sites excluding steroid dienone is 1. The van der Waals surface area contributed by atoms with Crippen molar-refractivity contribution < 1.29 is 36.3 Å². The summed E-state index contributed by atoms with van der Waals surface area (Å²) in [6.45, 7) is 4.95. The fourth-order valence-electron chi connectivity index (χ4n) is 3.12. The largest absolute Gasteiger partial charge is 0.477 e. The average Bonchev–Trinajstić information content (AvgIpc) is 2.70. The van der Waals surface area contributed by atoms with Gasteiger partial charge in [0.25, 0.3) is 11.8 Å². The van der Waals surface area contributed by atoms with Crippen LogP contribution in [-0.2, 0) is 4.79 Å². The number of amides is 2. The lowest BCUT2D eigenvalue weighted by Gasteiger charge is -2.35. The van der Waals surface area contributed by atoms with E-state index in [1.807, 2.05) is 0 Å². The van der Waals surface area contributed by atoms with Crippen molar-refractivity contribution in [1.29, 1.82) is 0 Å². The maximum absolute atomic E-state index is 14.2. The van der Waals surface area contributed by atoms with Crippen LogP contribution >= 0.6 is 0 Å². The number of benzene rings is 2. The van der Waals surface area contributed by atoms with Crippen molar-refractivity contribution >= 4 is 23.6 Å². The van der Waals surface area contributed by atoms with Gasteiger partial charge in [-0.1, -0.05) is 38.1 Å². The number of ether oxygens (including phenoxy) is 1. The van der Waals surface area contributed by atoms with Crippen LogP contribution in [0.1, 0.15) is 36.7 Å². The lowest BCUT2D eigenvalue weighted by Crippen LogP contribution is -2.51. The smallest absolute Gasteiger partial charge is 0.275 e. The number of imide groups is 1. The van der Waals surface area contributed by atoms with Crippen LogP contribution in [0.3, 0.4) is 0 Å². The third kappa shape index (κ3) is 3.24. The van der Waals surface area contributed by atoms with E-state index in [0.29, 0.717) is 10.5 Å². The summed E-state index contributed by atoms with van der Waals surface area (Å²) in [5.41, 5.74) is -1.42. The van der Waals surface area contributed by atoms with Gasteiger partial charge in [0.2, 0.25) is 5.82 Å². The summed E-state index contributed by atoms with van der Waals surface area (Å²) in [4.78, 5) is 26.3. The summed E-state index contributed by atoms with van der Waals surface area (Å²) in [6, 6.07) is 4.35. The Hall–Kier alpha value is -3.23. The summed E-state index contributed by atoms with van der Waals surface area (Å²) < 4.78 is 74.9. The minimum Gasteiger partial charge on any atom is -0.477 e. The zero-order valence-corrected chi connectivity index (χ0v) is 16.1. The van der Waals surface area contributed by atoms with Gasteiger partial charge >= 0.3 is 0 Å². The molecule has 0 saturated carbocycles. The topological polar surface area (TPSA) is 46.6 Å². The monoisotopic (exact) mass is 425 g/mol. The molecule has 0 aliphatic carbocycles. The predicted octanol–water partition coefficient (Wildman–Crippen LogP) is 5.01. The summed E-state index contributed by atoms with van der Waals surface area (Å²) in [6.07, 6.45) is 2.07. The van der Waals surface area contributed by atoms with E-state index < -0.39 is 58.5 Å². The number of carbonyl (C=O) groups is 2. The molecule has 158 valence electrons. The van der Waals surface area contributed by atoms with Gasteiger partial charge in [0, 0.05) is 5.56 Å². The molecule has 0 radical (unpaired) electrons. The molecule has 0 aromatic heterocycles. The number of para-hydroxylation sites is 1. The van der Waals surface area contributed by atoms with E-state index in [2.05, 4.69) is 0 Å². The Morgan fingerprint density at radius 3 is 2.13 bits per heavy atom.